The number of hydrogen-bond acceptors (Lipinski definition) is 6. The van der Waals surface area contributed by atoms with E-state index in [4.69, 9.17) is 0 Å². The van der Waals surface area contributed by atoms with Crippen LogP contribution in [0.4, 0.5) is 17.6 Å². The normalized spacial score (nSPS) is 12.3. The molecule has 0 aliphatic carbocycles. The van der Waals surface area contributed by atoms with Crippen molar-refractivity contribution in [1.82, 2.24) is 0 Å². The molecule has 8 aromatic rings. The van der Waals surface area contributed by atoms with E-state index in [1.165, 1.54) is 60.7 Å². The summed E-state index contributed by atoms with van der Waals surface area (Å²) in [5, 5.41) is 3.20. The van der Waals surface area contributed by atoms with Crippen molar-refractivity contribution >= 4 is 67.9 Å². The zero-order chi connectivity index (χ0) is 44.0. The molecule has 6 nitrogen and oxygen atoms in total. The van der Waals surface area contributed by atoms with Gasteiger partial charge in [0.2, 0.25) is 0 Å². The van der Waals surface area contributed by atoms with Gasteiger partial charge in [0.15, 0.2) is 0 Å². The standard InChI is InChI=1S/2C24H17F2O3PS.Ni/c2*25-19-12-8-13-20(26)24(19)18-11-4-5-14-21(18)30(17-9-2-1-3-10-17)22-15-6-7-16-23(22)31(27,28)29;/h2*1-16H,(H,27,28,29);/q;;+2/p-2. The summed E-state index contributed by atoms with van der Waals surface area (Å²) in [4.78, 5) is -0.678. The minimum absolute atomic E-state index is 0. The summed E-state index contributed by atoms with van der Waals surface area (Å²) in [5.41, 5.74) is 0.241. The van der Waals surface area contributed by atoms with Gasteiger partial charge in [-0.2, -0.15) is 0 Å². The Hall–Kier alpha value is -5.35. The van der Waals surface area contributed by atoms with Gasteiger partial charge in [-0.15, -0.1) is 0 Å². The van der Waals surface area contributed by atoms with Gasteiger partial charge in [-0.25, -0.2) is 34.4 Å². The van der Waals surface area contributed by atoms with E-state index in [9.17, 15) is 43.5 Å². The molecule has 0 N–H and O–H groups in total. The Balaban J connectivity index is 0.000000206. The molecule has 0 amide bonds. The molecule has 0 saturated carbocycles. The van der Waals surface area contributed by atoms with E-state index in [2.05, 4.69) is 0 Å². The molecule has 0 fully saturated rings. The van der Waals surface area contributed by atoms with Gasteiger partial charge in [-0.1, -0.05) is 158 Å². The molecule has 2 atom stereocenters. The minimum atomic E-state index is -4.77. The van der Waals surface area contributed by atoms with Crippen LogP contribution in [0, 0.1) is 23.3 Å². The predicted molar refractivity (Wildman–Crippen MR) is 237 cm³/mol. The molecule has 0 spiro atoms. The molecule has 15 heteroatoms. The fourth-order valence-corrected chi connectivity index (χ4v) is 14.3. The Labute approximate surface area is 375 Å². The number of benzene rings is 8. The smallest absolute Gasteiger partial charge is 0.744 e. The Morgan fingerprint density at radius 1 is 0.333 bits per heavy atom. The van der Waals surface area contributed by atoms with Gasteiger partial charge >= 0.3 is 16.5 Å². The van der Waals surface area contributed by atoms with Crippen molar-refractivity contribution in [3.63, 3.8) is 0 Å². The number of hydrogen-bond donors (Lipinski definition) is 0. The second-order valence-corrected chi connectivity index (χ2v) is 20.4. The van der Waals surface area contributed by atoms with Crippen LogP contribution in [0.2, 0.25) is 0 Å². The first-order valence-electron chi connectivity index (χ1n) is 18.6. The second-order valence-electron chi connectivity index (χ2n) is 13.4. The molecule has 0 bridgehead atoms. The van der Waals surface area contributed by atoms with Crippen LogP contribution in [0.25, 0.3) is 22.3 Å². The predicted octanol–water partition coefficient (Wildman–Crippen LogP) is 8.59. The van der Waals surface area contributed by atoms with Crippen LogP contribution in [0.15, 0.2) is 204 Å². The molecular weight excluding hydrogens is 933 g/mol. The summed E-state index contributed by atoms with van der Waals surface area (Å²) in [7, 11) is -12.8. The van der Waals surface area contributed by atoms with E-state index < -0.39 is 59.3 Å². The molecule has 0 heterocycles. The zero-order valence-corrected chi connectivity index (χ0v) is 36.9. The van der Waals surface area contributed by atoms with Gasteiger partial charge in [0.1, 0.15) is 43.5 Å². The van der Waals surface area contributed by atoms with Crippen LogP contribution in [0.1, 0.15) is 0 Å². The zero-order valence-electron chi connectivity index (χ0n) is 32.5. The van der Waals surface area contributed by atoms with Gasteiger partial charge in [0.25, 0.3) is 0 Å². The Morgan fingerprint density at radius 2 is 0.603 bits per heavy atom. The fraction of sp³-hybridized carbons (Fsp3) is 0. The quantitative estimate of drug-likeness (QED) is 0.0588. The average molecular weight is 966 g/mol. The van der Waals surface area contributed by atoms with E-state index >= 15 is 0 Å². The molecule has 0 saturated heterocycles. The summed E-state index contributed by atoms with van der Waals surface area (Å²) < 4.78 is 131. The van der Waals surface area contributed by atoms with Gasteiger partial charge in [0.05, 0.1) is 20.9 Å². The van der Waals surface area contributed by atoms with Gasteiger partial charge in [0, 0.05) is 10.6 Å². The van der Waals surface area contributed by atoms with Crippen molar-refractivity contribution < 1.29 is 60.0 Å². The molecule has 2 unspecified atom stereocenters. The van der Waals surface area contributed by atoms with Crippen LogP contribution in [-0.2, 0) is 36.7 Å². The summed E-state index contributed by atoms with van der Waals surface area (Å²) in [5.74, 6) is -2.89. The molecule has 63 heavy (non-hydrogen) atoms. The van der Waals surface area contributed by atoms with Crippen LogP contribution < -0.4 is 31.8 Å². The van der Waals surface area contributed by atoms with E-state index in [0.717, 1.165) is 10.6 Å². The van der Waals surface area contributed by atoms with E-state index in [1.807, 2.05) is 36.4 Å². The second kappa shape index (κ2) is 20.4. The molecule has 0 radical (unpaired) electrons. The molecule has 0 aromatic heterocycles. The van der Waals surface area contributed by atoms with Crippen molar-refractivity contribution in [2.75, 3.05) is 0 Å². The number of rotatable bonds is 10. The fourth-order valence-electron chi connectivity index (χ4n) is 6.95. The van der Waals surface area contributed by atoms with Gasteiger partial charge in [-0.3, -0.25) is 0 Å². The maximum Gasteiger partial charge on any atom is 2.00 e. The molecule has 0 aliphatic rings. The van der Waals surface area contributed by atoms with Crippen molar-refractivity contribution in [2.45, 2.75) is 9.79 Å². The summed E-state index contributed by atoms with van der Waals surface area (Å²) in [6.07, 6.45) is 0. The van der Waals surface area contributed by atoms with E-state index in [0.29, 0.717) is 32.3 Å². The Kier molecular flexibility index (Phi) is 15.3. The first kappa shape index (κ1) is 47.1. The monoisotopic (exact) mass is 964 g/mol. The van der Waals surface area contributed by atoms with Crippen molar-refractivity contribution in [3.05, 3.63) is 217 Å². The van der Waals surface area contributed by atoms with Gasteiger partial charge in [-0.05, 0) is 84.6 Å². The largest absolute Gasteiger partial charge is 2.00 e. The van der Waals surface area contributed by atoms with Crippen LogP contribution >= 0.6 is 15.8 Å². The molecule has 0 aliphatic heterocycles. The van der Waals surface area contributed by atoms with Crippen molar-refractivity contribution in [3.8, 4) is 22.3 Å². The maximum atomic E-state index is 14.7. The Bertz CT molecular complexity index is 2860. The summed E-state index contributed by atoms with van der Waals surface area (Å²) in [6.45, 7) is 0. The van der Waals surface area contributed by atoms with Crippen LogP contribution in [-0.4, -0.2) is 25.9 Å². The maximum absolute atomic E-state index is 14.7. The first-order chi connectivity index (χ1) is 29.8. The van der Waals surface area contributed by atoms with Gasteiger partial charge < -0.3 is 9.11 Å². The van der Waals surface area contributed by atoms with Crippen LogP contribution in [0.3, 0.4) is 0 Å². The topological polar surface area (TPSA) is 114 Å². The molecular formula is C48H32F4NiO6P2S2. The molecule has 8 aromatic carbocycles. The Morgan fingerprint density at radius 3 is 0.921 bits per heavy atom. The third kappa shape index (κ3) is 10.5. The SMILES string of the molecule is O=S(=O)([O-])c1ccccc1P(c1ccccc1)c1ccccc1-c1c(F)cccc1F.O=S(=O)([O-])c1ccccc1P(c1ccccc1)c1ccccc1-c1c(F)cccc1F.[Ni+2]. The third-order valence-electron chi connectivity index (χ3n) is 9.53. The van der Waals surface area contributed by atoms with E-state index in [1.54, 1.807) is 97.1 Å². The average Bonchev–Trinajstić information content (AvgIpc) is 3.25. The first-order valence-corrected chi connectivity index (χ1v) is 24.1. The summed E-state index contributed by atoms with van der Waals surface area (Å²) >= 11 is 0. The van der Waals surface area contributed by atoms with Crippen molar-refractivity contribution in [2.24, 2.45) is 0 Å². The van der Waals surface area contributed by atoms with Crippen molar-refractivity contribution in [1.29, 1.82) is 0 Å². The molecule has 320 valence electrons. The summed E-state index contributed by atoms with van der Waals surface area (Å²) in [6, 6.07) is 50.7. The third-order valence-corrected chi connectivity index (χ3v) is 16.7. The van der Waals surface area contributed by atoms with E-state index in [-0.39, 0.29) is 37.4 Å². The van der Waals surface area contributed by atoms with Crippen LogP contribution in [0.5, 0.6) is 0 Å². The molecule has 8 rings (SSSR count). The minimum Gasteiger partial charge on any atom is -0.744 e. The number of halogens is 4.